The Balaban J connectivity index is 2.77. The number of aromatic nitrogens is 1. The largest absolute Gasteiger partial charge is 0.507 e. The summed E-state index contributed by atoms with van der Waals surface area (Å²) in [6.45, 7) is 3.15. The summed E-state index contributed by atoms with van der Waals surface area (Å²) in [4.78, 5) is 13.8. The Labute approximate surface area is 91.8 Å². The van der Waals surface area contributed by atoms with Gasteiger partial charge in [0.05, 0.1) is 10.9 Å². The molecular formula is C11H12N2O3. The second-order valence-corrected chi connectivity index (χ2v) is 3.61. The van der Waals surface area contributed by atoms with E-state index in [4.69, 9.17) is 10.5 Å². The molecule has 16 heavy (non-hydrogen) atoms. The number of aromatic amines is 1. The summed E-state index contributed by atoms with van der Waals surface area (Å²) in [5.74, 6) is -0.0307. The topological polar surface area (TPSA) is 88.3 Å². The Bertz CT molecular complexity index is 572. The second-order valence-electron chi connectivity index (χ2n) is 3.61. The standard InChI is InChI=1S/C11H12N2O3/c1-5-3-4-7(15)8-9(5)13-11(12)10(8)16-6(2)14/h3-4,13,15H,12H2,1-2H3. The number of rotatable bonds is 1. The minimum Gasteiger partial charge on any atom is -0.507 e. The number of anilines is 1. The molecule has 0 saturated heterocycles. The Hall–Kier alpha value is -2.17. The summed E-state index contributed by atoms with van der Waals surface area (Å²) in [6, 6.07) is 3.29. The van der Waals surface area contributed by atoms with E-state index in [1.54, 1.807) is 6.07 Å². The van der Waals surface area contributed by atoms with Crippen LogP contribution in [-0.4, -0.2) is 16.1 Å². The molecule has 1 aromatic carbocycles. The van der Waals surface area contributed by atoms with Crippen molar-refractivity contribution in [2.24, 2.45) is 0 Å². The number of benzene rings is 1. The highest BCUT2D eigenvalue weighted by molar-refractivity contribution is 5.99. The SMILES string of the molecule is CC(=O)Oc1c(N)[nH]c2c(C)ccc(O)c12. The highest BCUT2D eigenvalue weighted by Gasteiger charge is 2.17. The Morgan fingerprint density at radius 2 is 2.19 bits per heavy atom. The van der Waals surface area contributed by atoms with Crippen LogP contribution in [0.3, 0.4) is 0 Å². The number of nitrogens with one attached hydrogen (secondary N) is 1. The van der Waals surface area contributed by atoms with Crippen LogP contribution < -0.4 is 10.5 Å². The number of fused-ring (bicyclic) bond motifs is 1. The van der Waals surface area contributed by atoms with E-state index in [2.05, 4.69) is 4.98 Å². The van der Waals surface area contributed by atoms with Crippen LogP contribution in [0.1, 0.15) is 12.5 Å². The molecule has 0 spiro atoms. The first-order valence-electron chi connectivity index (χ1n) is 4.79. The van der Waals surface area contributed by atoms with E-state index >= 15 is 0 Å². The maximum atomic E-state index is 10.9. The molecule has 0 aliphatic rings. The van der Waals surface area contributed by atoms with Crippen LogP contribution >= 0.6 is 0 Å². The van der Waals surface area contributed by atoms with Crippen molar-refractivity contribution in [3.05, 3.63) is 17.7 Å². The maximum Gasteiger partial charge on any atom is 0.308 e. The number of H-pyrrole nitrogens is 1. The normalized spacial score (nSPS) is 10.6. The average molecular weight is 220 g/mol. The molecule has 0 radical (unpaired) electrons. The molecule has 2 rings (SSSR count). The van der Waals surface area contributed by atoms with E-state index in [0.717, 1.165) is 5.56 Å². The number of carbonyl (C=O) groups is 1. The monoisotopic (exact) mass is 220 g/mol. The predicted octanol–water partition coefficient (Wildman–Crippen LogP) is 1.69. The molecule has 0 atom stereocenters. The van der Waals surface area contributed by atoms with Gasteiger partial charge in [0.1, 0.15) is 11.6 Å². The van der Waals surface area contributed by atoms with Crippen LogP contribution in [0.25, 0.3) is 10.9 Å². The number of phenols is 1. The minimum absolute atomic E-state index is 0.0322. The van der Waals surface area contributed by atoms with Crippen molar-refractivity contribution < 1.29 is 14.6 Å². The van der Waals surface area contributed by atoms with E-state index in [1.165, 1.54) is 13.0 Å². The number of hydrogen-bond donors (Lipinski definition) is 3. The van der Waals surface area contributed by atoms with Crippen LogP contribution in [0.2, 0.25) is 0 Å². The van der Waals surface area contributed by atoms with Gasteiger partial charge in [-0.05, 0) is 18.6 Å². The lowest BCUT2D eigenvalue weighted by molar-refractivity contribution is -0.131. The molecule has 0 unspecified atom stereocenters. The lowest BCUT2D eigenvalue weighted by atomic mass is 10.1. The number of carbonyl (C=O) groups excluding carboxylic acids is 1. The van der Waals surface area contributed by atoms with Gasteiger partial charge in [-0.2, -0.15) is 0 Å². The zero-order valence-corrected chi connectivity index (χ0v) is 9.00. The molecule has 4 N–H and O–H groups in total. The van der Waals surface area contributed by atoms with Gasteiger partial charge in [-0.3, -0.25) is 4.79 Å². The quantitative estimate of drug-likeness (QED) is 0.638. The molecular weight excluding hydrogens is 208 g/mol. The first-order chi connectivity index (χ1) is 7.50. The number of ether oxygens (including phenoxy) is 1. The van der Waals surface area contributed by atoms with Gasteiger partial charge in [0.2, 0.25) is 0 Å². The first kappa shape index (κ1) is 10.4. The fraction of sp³-hybridized carbons (Fsp3) is 0.182. The van der Waals surface area contributed by atoms with Gasteiger partial charge in [-0.15, -0.1) is 0 Å². The van der Waals surface area contributed by atoms with Gasteiger partial charge in [0, 0.05) is 6.92 Å². The summed E-state index contributed by atoms with van der Waals surface area (Å²) in [6.07, 6.45) is 0. The third kappa shape index (κ3) is 1.46. The second kappa shape index (κ2) is 3.44. The first-order valence-corrected chi connectivity index (χ1v) is 4.79. The maximum absolute atomic E-state index is 10.9. The van der Waals surface area contributed by atoms with Crippen LogP contribution in [0.5, 0.6) is 11.5 Å². The summed E-state index contributed by atoms with van der Waals surface area (Å²) in [5.41, 5.74) is 7.29. The van der Waals surface area contributed by atoms with Gasteiger partial charge in [-0.1, -0.05) is 6.07 Å². The van der Waals surface area contributed by atoms with Crippen LogP contribution in [0.15, 0.2) is 12.1 Å². The van der Waals surface area contributed by atoms with Gasteiger partial charge < -0.3 is 20.6 Å². The van der Waals surface area contributed by atoms with Crippen molar-refractivity contribution in [3.8, 4) is 11.5 Å². The van der Waals surface area contributed by atoms with E-state index in [0.29, 0.717) is 10.9 Å². The van der Waals surface area contributed by atoms with Crippen molar-refractivity contribution in [1.82, 2.24) is 4.98 Å². The molecule has 1 heterocycles. The molecule has 0 bridgehead atoms. The zero-order chi connectivity index (χ0) is 11.9. The summed E-state index contributed by atoms with van der Waals surface area (Å²) in [5, 5.41) is 10.2. The third-order valence-corrected chi connectivity index (χ3v) is 2.37. The van der Waals surface area contributed by atoms with E-state index in [-0.39, 0.29) is 17.3 Å². The van der Waals surface area contributed by atoms with Crippen molar-refractivity contribution in [3.63, 3.8) is 0 Å². The minimum atomic E-state index is -0.478. The van der Waals surface area contributed by atoms with Gasteiger partial charge in [-0.25, -0.2) is 0 Å². The molecule has 0 aliphatic heterocycles. The number of nitrogen functional groups attached to an aromatic ring is 1. The van der Waals surface area contributed by atoms with Crippen LogP contribution in [0.4, 0.5) is 5.82 Å². The van der Waals surface area contributed by atoms with Gasteiger partial charge >= 0.3 is 5.97 Å². The number of aryl methyl sites for hydroxylation is 1. The lowest BCUT2D eigenvalue weighted by Crippen LogP contribution is -2.02. The Kier molecular flexibility index (Phi) is 2.23. The van der Waals surface area contributed by atoms with Gasteiger partial charge in [0.25, 0.3) is 0 Å². The molecule has 5 nitrogen and oxygen atoms in total. The van der Waals surface area contributed by atoms with Crippen LogP contribution in [0, 0.1) is 6.92 Å². The number of aromatic hydroxyl groups is 1. The summed E-state index contributed by atoms with van der Waals surface area (Å²) < 4.78 is 4.98. The lowest BCUT2D eigenvalue weighted by Gasteiger charge is -2.02. The van der Waals surface area contributed by atoms with Crippen molar-refractivity contribution >= 4 is 22.7 Å². The predicted molar refractivity (Wildman–Crippen MR) is 60.4 cm³/mol. The van der Waals surface area contributed by atoms with Crippen molar-refractivity contribution in [2.45, 2.75) is 13.8 Å². The molecule has 1 aromatic heterocycles. The molecule has 84 valence electrons. The fourth-order valence-electron chi connectivity index (χ4n) is 1.66. The van der Waals surface area contributed by atoms with Crippen molar-refractivity contribution in [2.75, 3.05) is 5.73 Å². The fourth-order valence-corrected chi connectivity index (χ4v) is 1.66. The number of hydrogen-bond acceptors (Lipinski definition) is 4. The Morgan fingerprint density at radius 3 is 2.81 bits per heavy atom. The number of esters is 1. The molecule has 0 fully saturated rings. The Morgan fingerprint density at radius 1 is 1.50 bits per heavy atom. The van der Waals surface area contributed by atoms with E-state index < -0.39 is 5.97 Å². The highest BCUT2D eigenvalue weighted by atomic mass is 16.5. The molecule has 0 amide bonds. The highest BCUT2D eigenvalue weighted by Crippen LogP contribution is 2.39. The molecule has 2 aromatic rings. The summed E-state index contributed by atoms with van der Waals surface area (Å²) in [7, 11) is 0. The molecule has 5 heteroatoms. The molecule has 0 saturated carbocycles. The van der Waals surface area contributed by atoms with E-state index in [1.807, 2.05) is 6.92 Å². The van der Waals surface area contributed by atoms with Crippen LogP contribution in [-0.2, 0) is 4.79 Å². The molecule has 0 aliphatic carbocycles. The third-order valence-electron chi connectivity index (χ3n) is 2.37. The smallest absolute Gasteiger partial charge is 0.308 e. The van der Waals surface area contributed by atoms with E-state index in [9.17, 15) is 9.90 Å². The number of nitrogens with two attached hydrogens (primary N) is 1. The van der Waals surface area contributed by atoms with Gasteiger partial charge in [0.15, 0.2) is 5.75 Å². The average Bonchev–Trinajstić information content (AvgIpc) is 2.51. The zero-order valence-electron chi connectivity index (χ0n) is 9.00. The summed E-state index contributed by atoms with van der Waals surface area (Å²) >= 11 is 0. The van der Waals surface area contributed by atoms with Crippen molar-refractivity contribution in [1.29, 1.82) is 0 Å². The number of phenolic OH excluding ortho intramolecular Hbond substituents is 1.